The third-order valence-corrected chi connectivity index (χ3v) is 2.64. The number of carbonyl (C=O) groups excluding carboxylic acids is 1. The fourth-order valence-electron chi connectivity index (χ4n) is 0.814. The molecule has 0 atom stereocenters. The number of benzene rings is 1. The Hall–Kier alpha value is -0.170. The van der Waals surface area contributed by atoms with Gasteiger partial charge < -0.3 is 4.74 Å². The van der Waals surface area contributed by atoms with Crippen molar-refractivity contribution in [2.45, 2.75) is 0 Å². The van der Waals surface area contributed by atoms with Crippen molar-refractivity contribution in [2.75, 3.05) is 7.11 Å². The molecule has 0 radical (unpaired) electrons. The predicted octanol–water partition coefficient (Wildman–Crippen LogP) is 2.98. The molecule has 0 amide bonds. The topological polar surface area (TPSA) is 26.3 Å². The van der Waals surface area contributed by atoms with Crippen molar-refractivity contribution in [2.24, 2.45) is 0 Å². The highest BCUT2D eigenvalue weighted by atomic mass is 127. The van der Waals surface area contributed by atoms with Gasteiger partial charge in [-0.25, -0.2) is 9.18 Å². The summed E-state index contributed by atoms with van der Waals surface area (Å²) >= 11 is 4.98. The lowest BCUT2D eigenvalue weighted by atomic mass is 10.2. The molecule has 1 rings (SSSR count). The van der Waals surface area contributed by atoms with Gasteiger partial charge in [0.1, 0.15) is 0 Å². The minimum Gasteiger partial charge on any atom is -0.465 e. The van der Waals surface area contributed by atoms with Crippen LogP contribution in [0.4, 0.5) is 4.39 Å². The van der Waals surface area contributed by atoms with Gasteiger partial charge in [0.2, 0.25) is 0 Å². The maximum absolute atomic E-state index is 13.3. The molecule has 13 heavy (non-hydrogen) atoms. The fourth-order valence-corrected chi connectivity index (χ4v) is 2.33. The van der Waals surface area contributed by atoms with Crippen LogP contribution in [-0.2, 0) is 4.74 Å². The van der Waals surface area contributed by atoms with Gasteiger partial charge in [-0.05, 0) is 34.7 Å². The lowest BCUT2D eigenvalue weighted by Gasteiger charge is -2.03. The molecule has 0 bridgehead atoms. The molecular formula is C8H5BrFIO2. The van der Waals surface area contributed by atoms with Crippen molar-refractivity contribution < 1.29 is 13.9 Å². The number of ether oxygens (including phenoxy) is 1. The van der Waals surface area contributed by atoms with Crippen LogP contribution in [0, 0.1) is 9.39 Å². The summed E-state index contributed by atoms with van der Waals surface area (Å²) in [5.74, 6) is -1.22. The first-order chi connectivity index (χ1) is 6.06. The Balaban J connectivity index is 3.28. The largest absolute Gasteiger partial charge is 0.465 e. The van der Waals surface area contributed by atoms with E-state index in [9.17, 15) is 9.18 Å². The fraction of sp³-hybridized carbons (Fsp3) is 0.125. The molecule has 1 aromatic rings. The number of methoxy groups -OCH3 is 1. The van der Waals surface area contributed by atoms with E-state index in [-0.39, 0.29) is 5.56 Å². The van der Waals surface area contributed by atoms with Crippen molar-refractivity contribution in [3.8, 4) is 0 Å². The summed E-state index contributed by atoms with van der Waals surface area (Å²) in [5.41, 5.74) is -0.0544. The van der Waals surface area contributed by atoms with Gasteiger partial charge in [0, 0.05) is 4.47 Å². The summed E-state index contributed by atoms with van der Waals surface area (Å²) in [6.07, 6.45) is 0. The molecule has 1 aromatic carbocycles. The molecule has 0 saturated carbocycles. The van der Waals surface area contributed by atoms with Gasteiger partial charge in [0.15, 0.2) is 5.82 Å². The van der Waals surface area contributed by atoms with Crippen molar-refractivity contribution >= 4 is 44.5 Å². The number of esters is 1. The van der Waals surface area contributed by atoms with Gasteiger partial charge >= 0.3 is 5.97 Å². The average Bonchev–Trinajstić information content (AvgIpc) is 2.10. The maximum atomic E-state index is 13.3. The molecule has 2 nitrogen and oxygen atoms in total. The third-order valence-electron chi connectivity index (χ3n) is 1.40. The zero-order chi connectivity index (χ0) is 10.0. The molecule has 0 aromatic heterocycles. The summed E-state index contributed by atoms with van der Waals surface area (Å²) in [4.78, 5) is 11.1. The molecule has 0 unspecified atom stereocenters. The van der Waals surface area contributed by atoms with Gasteiger partial charge in [0.25, 0.3) is 0 Å². The average molecular weight is 359 g/mol. The number of hydrogen-bond donors (Lipinski definition) is 0. The summed E-state index contributed by atoms with van der Waals surface area (Å²) in [6, 6.07) is 2.98. The Morgan fingerprint density at radius 2 is 2.23 bits per heavy atom. The minimum atomic E-state index is -0.670. The summed E-state index contributed by atoms with van der Waals surface area (Å²) in [5, 5.41) is 0. The molecule has 0 saturated heterocycles. The molecule has 0 spiro atoms. The van der Waals surface area contributed by atoms with E-state index in [1.807, 2.05) is 22.6 Å². The van der Waals surface area contributed by atoms with E-state index in [0.29, 0.717) is 8.04 Å². The summed E-state index contributed by atoms with van der Waals surface area (Å²) < 4.78 is 18.7. The van der Waals surface area contributed by atoms with Crippen LogP contribution < -0.4 is 0 Å². The van der Waals surface area contributed by atoms with Crippen LogP contribution in [0.1, 0.15) is 10.4 Å². The second kappa shape index (κ2) is 4.36. The zero-order valence-electron chi connectivity index (χ0n) is 6.61. The van der Waals surface area contributed by atoms with Crippen LogP contribution in [0.5, 0.6) is 0 Å². The Labute approximate surface area is 96.7 Å². The number of halogens is 3. The summed E-state index contributed by atoms with van der Waals surface area (Å²) in [7, 11) is 1.22. The first-order valence-corrected chi connectivity index (χ1v) is 5.16. The first kappa shape index (κ1) is 10.9. The first-order valence-electron chi connectivity index (χ1n) is 3.29. The molecule has 70 valence electrons. The van der Waals surface area contributed by atoms with Gasteiger partial charge in [-0.15, -0.1) is 0 Å². The predicted molar refractivity (Wildman–Crippen MR) is 58.2 cm³/mol. The normalized spacial score (nSPS) is 9.85. The SMILES string of the molecule is COC(=O)c1cc(Br)cc(I)c1F. The zero-order valence-corrected chi connectivity index (χ0v) is 10.3. The number of hydrogen-bond acceptors (Lipinski definition) is 2. The lowest BCUT2D eigenvalue weighted by Crippen LogP contribution is -2.05. The Bertz CT molecular complexity index is 354. The van der Waals surface area contributed by atoms with E-state index >= 15 is 0 Å². The van der Waals surface area contributed by atoms with Crippen molar-refractivity contribution in [1.29, 1.82) is 0 Å². The van der Waals surface area contributed by atoms with E-state index in [0.717, 1.165) is 0 Å². The van der Waals surface area contributed by atoms with Crippen LogP contribution >= 0.6 is 38.5 Å². The van der Waals surface area contributed by atoms with Crippen LogP contribution in [0.3, 0.4) is 0 Å². The highest BCUT2D eigenvalue weighted by molar-refractivity contribution is 14.1. The van der Waals surface area contributed by atoms with E-state index in [1.54, 1.807) is 6.07 Å². The van der Waals surface area contributed by atoms with Crippen LogP contribution in [0.2, 0.25) is 0 Å². The molecule has 5 heteroatoms. The Kier molecular flexibility index (Phi) is 3.66. The molecule has 0 fully saturated rings. The number of carbonyl (C=O) groups is 1. The van der Waals surface area contributed by atoms with Crippen molar-refractivity contribution in [3.63, 3.8) is 0 Å². The van der Waals surface area contributed by atoms with E-state index in [1.165, 1.54) is 13.2 Å². The van der Waals surface area contributed by atoms with Crippen LogP contribution in [0.25, 0.3) is 0 Å². The van der Waals surface area contributed by atoms with Gasteiger partial charge in [-0.3, -0.25) is 0 Å². The second-order valence-electron chi connectivity index (χ2n) is 2.24. The smallest absolute Gasteiger partial charge is 0.340 e. The monoisotopic (exact) mass is 358 g/mol. The molecule has 0 aliphatic rings. The van der Waals surface area contributed by atoms with Crippen LogP contribution in [0.15, 0.2) is 16.6 Å². The number of rotatable bonds is 1. The van der Waals surface area contributed by atoms with E-state index in [2.05, 4.69) is 20.7 Å². The highest BCUT2D eigenvalue weighted by Gasteiger charge is 2.15. The molecule has 0 aliphatic carbocycles. The molecule has 0 heterocycles. The molecular weight excluding hydrogens is 354 g/mol. The standard InChI is InChI=1S/C8H5BrFIO2/c1-13-8(12)5-2-4(9)3-6(11)7(5)10/h2-3H,1H3. The summed E-state index contributed by atoms with van der Waals surface area (Å²) in [6.45, 7) is 0. The Morgan fingerprint density at radius 1 is 1.62 bits per heavy atom. The van der Waals surface area contributed by atoms with Gasteiger partial charge in [-0.1, -0.05) is 15.9 Å². The second-order valence-corrected chi connectivity index (χ2v) is 4.32. The van der Waals surface area contributed by atoms with E-state index in [4.69, 9.17) is 0 Å². The van der Waals surface area contributed by atoms with E-state index < -0.39 is 11.8 Å². The van der Waals surface area contributed by atoms with Gasteiger partial charge in [-0.2, -0.15) is 0 Å². The van der Waals surface area contributed by atoms with Crippen molar-refractivity contribution in [1.82, 2.24) is 0 Å². The minimum absolute atomic E-state index is 0.0544. The van der Waals surface area contributed by atoms with Crippen molar-refractivity contribution in [3.05, 3.63) is 31.6 Å². The third kappa shape index (κ3) is 2.40. The lowest BCUT2D eigenvalue weighted by molar-refractivity contribution is 0.0595. The molecule has 0 aliphatic heterocycles. The quantitative estimate of drug-likeness (QED) is 0.438. The van der Waals surface area contributed by atoms with Crippen LogP contribution in [-0.4, -0.2) is 13.1 Å². The highest BCUT2D eigenvalue weighted by Crippen LogP contribution is 2.22. The maximum Gasteiger partial charge on any atom is 0.340 e. The van der Waals surface area contributed by atoms with Gasteiger partial charge in [0.05, 0.1) is 16.2 Å². The Morgan fingerprint density at radius 3 is 2.77 bits per heavy atom. The molecule has 0 N–H and O–H groups in total.